The van der Waals surface area contributed by atoms with Gasteiger partial charge < -0.3 is 5.32 Å². The Bertz CT molecular complexity index is 323. The zero-order valence-corrected chi connectivity index (χ0v) is 9.02. The van der Waals surface area contributed by atoms with Gasteiger partial charge in [-0.15, -0.1) is 0 Å². The van der Waals surface area contributed by atoms with Crippen molar-refractivity contribution in [3.63, 3.8) is 0 Å². The lowest BCUT2D eigenvalue weighted by atomic mass is 9.72. The molecule has 1 aromatic rings. The van der Waals surface area contributed by atoms with Gasteiger partial charge in [0.25, 0.3) is 0 Å². The Labute approximate surface area is 91.1 Å². The number of piperidine rings is 1. The predicted molar refractivity (Wildman–Crippen MR) is 60.7 cm³/mol. The van der Waals surface area contributed by atoms with Gasteiger partial charge >= 0.3 is 0 Å². The minimum absolute atomic E-state index is 0.704. The number of rotatable bonds is 1. The van der Waals surface area contributed by atoms with E-state index in [9.17, 15) is 0 Å². The third-order valence-electron chi connectivity index (χ3n) is 4.03. The van der Waals surface area contributed by atoms with Crippen LogP contribution in [0.4, 0.5) is 0 Å². The number of fused-ring (bicyclic) bond motifs is 2. The molecule has 3 unspecified atom stereocenters. The van der Waals surface area contributed by atoms with Crippen LogP contribution in [-0.2, 0) is 0 Å². The van der Waals surface area contributed by atoms with Gasteiger partial charge in [-0.05, 0) is 49.8 Å². The summed E-state index contributed by atoms with van der Waals surface area (Å²) in [5.74, 6) is 1.69. The summed E-state index contributed by atoms with van der Waals surface area (Å²) in [6, 6.07) is 5.00. The van der Waals surface area contributed by atoms with Crippen LogP contribution in [0.3, 0.4) is 0 Å². The van der Waals surface area contributed by atoms with Crippen molar-refractivity contribution in [3.8, 4) is 0 Å². The molecule has 2 bridgehead atoms. The highest BCUT2D eigenvalue weighted by Crippen LogP contribution is 2.38. The second-order valence-electron chi connectivity index (χ2n) is 4.92. The first-order chi connectivity index (χ1) is 7.43. The van der Waals surface area contributed by atoms with Crippen molar-refractivity contribution in [1.82, 2.24) is 10.3 Å². The summed E-state index contributed by atoms with van der Waals surface area (Å²) in [4.78, 5) is 4.24. The predicted octanol–water partition coefficient (Wildman–Crippen LogP) is 2.33. The van der Waals surface area contributed by atoms with Crippen LogP contribution >= 0.6 is 0 Å². The fourth-order valence-electron chi connectivity index (χ4n) is 3.21. The summed E-state index contributed by atoms with van der Waals surface area (Å²) < 4.78 is 0. The minimum Gasteiger partial charge on any atom is -0.313 e. The molecule has 1 N–H and O–H groups in total. The van der Waals surface area contributed by atoms with Crippen LogP contribution in [0.5, 0.6) is 0 Å². The first kappa shape index (κ1) is 9.34. The molecule has 0 spiro atoms. The van der Waals surface area contributed by atoms with Crippen LogP contribution in [0.25, 0.3) is 0 Å². The molecule has 2 aliphatic rings. The van der Waals surface area contributed by atoms with E-state index in [0.29, 0.717) is 12.0 Å². The third kappa shape index (κ3) is 1.78. The molecule has 0 radical (unpaired) electrons. The van der Waals surface area contributed by atoms with Gasteiger partial charge in [0.2, 0.25) is 0 Å². The summed E-state index contributed by atoms with van der Waals surface area (Å²) in [5.41, 5.74) is 1.43. The summed E-state index contributed by atoms with van der Waals surface area (Å²) in [7, 11) is 0. The van der Waals surface area contributed by atoms with Gasteiger partial charge in [0, 0.05) is 24.4 Å². The first-order valence-corrected chi connectivity index (χ1v) is 6.07. The number of hydrogen-bond acceptors (Lipinski definition) is 2. The molecule has 1 aliphatic carbocycles. The second kappa shape index (κ2) is 3.93. The van der Waals surface area contributed by atoms with E-state index >= 15 is 0 Å². The van der Waals surface area contributed by atoms with Crippen LogP contribution in [0, 0.1) is 5.92 Å². The maximum Gasteiger partial charge on any atom is 0.0303 e. The molecule has 0 aromatic carbocycles. The topological polar surface area (TPSA) is 24.9 Å². The Kier molecular flexibility index (Phi) is 2.45. The van der Waals surface area contributed by atoms with Crippen molar-refractivity contribution < 1.29 is 0 Å². The molecule has 2 heteroatoms. The average molecular weight is 202 g/mol. The second-order valence-corrected chi connectivity index (χ2v) is 4.92. The zero-order chi connectivity index (χ0) is 10.1. The highest BCUT2D eigenvalue weighted by Gasteiger charge is 2.33. The van der Waals surface area contributed by atoms with Crippen molar-refractivity contribution in [2.45, 2.75) is 37.6 Å². The number of nitrogens with zero attached hydrogens (tertiary/aromatic N) is 1. The molecular weight excluding hydrogens is 184 g/mol. The van der Waals surface area contributed by atoms with E-state index < -0.39 is 0 Å². The summed E-state index contributed by atoms with van der Waals surface area (Å²) in [6.07, 6.45) is 9.42. The standard InChI is InChI=1S/C13H18N2/c1-2-11(9-14-6-1)12-4-3-10-5-7-15-13(12)8-10/h1-2,6,9-10,12-13,15H,3-5,7-8H2. The van der Waals surface area contributed by atoms with Gasteiger partial charge in [-0.3, -0.25) is 4.98 Å². The maximum atomic E-state index is 4.24. The summed E-state index contributed by atoms with van der Waals surface area (Å²) in [6.45, 7) is 1.21. The molecule has 1 saturated heterocycles. The van der Waals surface area contributed by atoms with Crippen LogP contribution in [0.1, 0.15) is 37.2 Å². The van der Waals surface area contributed by atoms with Crippen LogP contribution < -0.4 is 5.32 Å². The van der Waals surface area contributed by atoms with Gasteiger partial charge in [0.05, 0.1) is 0 Å². The Morgan fingerprint density at radius 1 is 1.27 bits per heavy atom. The van der Waals surface area contributed by atoms with Crippen molar-refractivity contribution >= 4 is 0 Å². The van der Waals surface area contributed by atoms with Crippen LogP contribution in [-0.4, -0.2) is 17.6 Å². The summed E-state index contributed by atoms with van der Waals surface area (Å²) in [5, 5.41) is 3.67. The van der Waals surface area contributed by atoms with E-state index in [0.717, 1.165) is 5.92 Å². The van der Waals surface area contributed by atoms with E-state index in [4.69, 9.17) is 0 Å². The van der Waals surface area contributed by atoms with E-state index in [2.05, 4.69) is 22.4 Å². The molecule has 2 heterocycles. The normalized spacial score (nSPS) is 35.1. The smallest absolute Gasteiger partial charge is 0.0303 e. The molecule has 3 atom stereocenters. The SMILES string of the molecule is c1cncc(C2CCC3CCNC2C3)c1. The number of nitrogens with one attached hydrogen (secondary N) is 1. The Balaban J connectivity index is 1.81. The average Bonchev–Trinajstić information content (AvgIpc) is 2.31. The Hall–Kier alpha value is -0.890. The molecule has 2 nitrogen and oxygen atoms in total. The Morgan fingerprint density at radius 2 is 2.27 bits per heavy atom. The molecule has 3 rings (SSSR count). The van der Waals surface area contributed by atoms with E-state index in [1.807, 2.05) is 12.4 Å². The number of hydrogen-bond donors (Lipinski definition) is 1. The van der Waals surface area contributed by atoms with Gasteiger partial charge in [-0.25, -0.2) is 0 Å². The third-order valence-corrected chi connectivity index (χ3v) is 4.03. The van der Waals surface area contributed by atoms with Crippen LogP contribution in [0.2, 0.25) is 0 Å². The van der Waals surface area contributed by atoms with E-state index in [-0.39, 0.29) is 0 Å². The van der Waals surface area contributed by atoms with E-state index in [1.165, 1.54) is 37.8 Å². The lowest BCUT2D eigenvalue weighted by molar-refractivity contribution is 0.198. The van der Waals surface area contributed by atoms with E-state index in [1.54, 1.807) is 0 Å². The molecule has 0 amide bonds. The quantitative estimate of drug-likeness (QED) is 0.756. The molecule has 15 heavy (non-hydrogen) atoms. The molecule has 80 valence electrons. The number of pyridine rings is 1. The molecule has 1 aromatic heterocycles. The minimum atomic E-state index is 0.704. The monoisotopic (exact) mass is 202 g/mol. The fourth-order valence-corrected chi connectivity index (χ4v) is 3.21. The zero-order valence-electron chi connectivity index (χ0n) is 9.02. The largest absolute Gasteiger partial charge is 0.313 e. The van der Waals surface area contributed by atoms with Crippen molar-refractivity contribution in [1.29, 1.82) is 0 Å². The molecular formula is C13H18N2. The first-order valence-electron chi connectivity index (χ1n) is 6.07. The Morgan fingerprint density at radius 3 is 3.13 bits per heavy atom. The number of aromatic nitrogens is 1. The van der Waals surface area contributed by atoms with Gasteiger partial charge in [0.1, 0.15) is 0 Å². The van der Waals surface area contributed by atoms with Gasteiger partial charge in [-0.2, -0.15) is 0 Å². The van der Waals surface area contributed by atoms with Crippen molar-refractivity contribution in [3.05, 3.63) is 30.1 Å². The van der Waals surface area contributed by atoms with Crippen molar-refractivity contribution in [2.75, 3.05) is 6.54 Å². The highest BCUT2D eigenvalue weighted by molar-refractivity contribution is 5.18. The molecule has 2 fully saturated rings. The lowest BCUT2D eigenvalue weighted by Gasteiger charge is -2.41. The van der Waals surface area contributed by atoms with Gasteiger partial charge in [0.15, 0.2) is 0 Å². The fraction of sp³-hybridized carbons (Fsp3) is 0.615. The molecule has 1 aliphatic heterocycles. The van der Waals surface area contributed by atoms with Crippen LogP contribution in [0.15, 0.2) is 24.5 Å². The lowest BCUT2D eigenvalue weighted by Crippen LogP contribution is -2.45. The maximum absolute atomic E-state index is 4.24. The van der Waals surface area contributed by atoms with Crippen molar-refractivity contribution in [2.24, 2.45) is 5.92 Å². The highest BCUT2D eigenvalue weighted by atomic mass is 14.9. The summed E-state index contributed by atoms with van der Waals surface area (Å²) >= 11 is 0. The molecule has 1 saturated carbocycles. The van der Waals surface area contributed by atoms with Gasteiger partial charge in [-0.1, -0.05) is 6.07 Å².